The van der Waals surface area contributed by atoms with Gasteiger partial charge < -0.3 is 10.5 Å². The van der Waals surface area contributed by atoms with Gasteiger partial charge in [0.1, 0.15) is 11.7 Å². The molecule has 0 atom stereocenters. The second kappa shape index (κ2) is 8.64. The Bertz CT molecular complexity index is 407. The zero-order valence-corrected chi connectivity index (χ0v) is 11.5. The second-order valence-corrected chi connectivity index (χ2v) is 4.66. The van der Waals surface area contributed by atoms with Gasteiger partial charge >= 0.3 is 0 Å². The van der Waals surface area contributed by atoms with Gasteiger partial charge in [0.15, 0.2) is 0 Å². The number of rotatable bonds is 9. The van der Waals surface area contributed by atoms with Crippen LogP contribution in [0.25, 0.3) is 0 Å². The molecule has 0 bridgehead atoms. The third kappa shape index (κ3) is 5.39. The van der Waals surface area contributed by atoms with Gasteiger partial charge in [0.25, 0.3) is 0 Å². The molecule has 0 fully saturated rings. The van der Waals surface area contributed by atoms with Crippen molar-refractivity contribution in [2.45, 2.75) is 45.6 Å². The first kappa shape index (κ1) is 15.6. The van der Waals surface area contributed by atoms with E-state index in [-0.39, 0.29) is 18.0 Å². The summed E-state index contributed by atoms with van der Waals surface area (Å²) in [5.41, 5.74) is 5.91. The summed E-state index contributed by atoms with van der Waals surface area (Å²) < 4.78 is 19.4. The summed E-state index contributed by atoms with van der Waals surface area (Å²) in [6, 6.07) is 4.87. The van der Waals surface area contributed by atoms with E-state index >= 15 is 0 Å². The Labute approximate surface area is 114 Å². The maximum absolute atomic E-state index is 13.9. The fourth-order valence-electron chi connectivity index (χ4n) is 1.89. The van der Waals surface area contributed by atoms with Crippen molar-refractivity contribution in [1.29, 1.82) is 5.41 Å². The molecule has 0 aliphatic carbocycles. The van der Waals surface area contributed by atoms with Gasteiger partial charge in [-0.05, 0) is 12.5 Å². The van der Waals surface area contributed by atoms with E-state index in [0.717, 1.165) is 12.8 Å². The molecule has 3 N–H and O–H groups in total. The number of unbranched alkanes of at least 4 members (excludes halogenated alkanes) is 4. The van der Waals surface area contributed by atoms with Crippen molar-refractivity contribution in [2.75, 3.05) is 6.61 Å². The molecular weight excluding hydrogens is 243 g/mol. The van der Waals surface area contributed by atoms with Gasteiger partial charge in [-0.2, -0.15) is 0 Å². The van der Waals surface area contributed by atoms with Crippen molar-refractivity contribution in [3.05, 3.63) is 35.1 Å². The molecule has 0 saturated carbocycles. The third-order valence-electron chi connectivity index (χ3n) is 3.02. The molecule has 0 aromatic heterocycles. The minimum Gasteiger partial charge on any atom is -0.384 e. The van der Waals surface area contributed by atoms with E-state index in [1.165, 1.54) is 25.3 Å². The van der Waals surface area contributed by atoms with E-state index in [1.807, 2.05) is 0 Å². The Morgan fingerprint density at radius 1 is 1.26 bits per heavy atom. The molecule has 0 spiro atoms. The average molecular weight is 266 g/mol. The van der Waals surface area contributed by atoms with Gasteiger partial charge in [0.05, 0.1) is 12.2 Å². The van der Waals surface area contributed by atoms with Gasteiger partial charge in [0.2, 0.25) is 0 Å². The highest BCUT2D eigenvalue weighted by molar-refractivity contribution is 5.95. The van der Waals surface area contributed by atoms with Crippen molar-refractivity contribution in [2.24, 2.45) is 5.73 Å². The number of nitrogens with one attached hydrogen (secondary N) is 1. The maximum atomic E-state index is 13.9. The molecule has 19 heavy (non-hydrogen) atoms. The summed E-state index contributed by atoms with van der Waals surface area (Å²) >= 11 is 0. The third-order valence-corrected chi connectivity index (χ3v) is 3.02. The van der Waals surface area contributed by atoms with Crippen LogP contribution >= 0.6 is 0 Å². The van der Waals surface area contributed by atoms with E-state index in [0.29, 0.717) is 12.2 Å². The molecule has 0 unspecified atom stereocenters. The van der Waals surface area contributed by atoms with E-state index in [2.05, 4.69) is 6.92 Å². The van der Waals surface area contributed by atoms with Crippen molar-refractivity contribution in [3.8, 4) is 0 Å². The zero-order valence-electron chi connectivity index (χ0n) is 11.5. The summed E-state index contributed by atoms with van der Waals surface area (Å²) in [7, 11) is 0. The largest absolute Gasteiger partial charge is 0.384 e. The number of hydrogen-bond acceptors (Lipinski definition) is 2. The lowest BCUT2D eigenvalue weighted by molar-refractivity contribution is 0.114. The van der Waals surface area contributed by atoms with Crippen LogP contribution in [-0.2, 0) is 11.3 Å². The lowest BCUT2D eigenvalue weighted by atomic mass is 10.1. The maximum Gasteiger partial charge on any atom is 0.139 e. The molecule has 0 aliphatic heterocycles. The summed E-state index contributed by atoms with van der Waals surface area (Å²) in [5.74, 6) is -0.695. The second-order valence-electron chi connectivity index (χ2n) is 4.66. The van der Waals surface area contributed by atoms with Gasteiger partial charge in [0, 0.05) is 12.2 Å². The van der Waals surface area contributed by atoms with Crippen molar-refractivity contribution in [1.82, 2.24) is 0 Å². The molecule has 0 radical (unpaired) electrons. The summed E-state index contributed by atoms with van der Waals surface area (Å²) in [5, 5.41) is 7.28. The van der Waals surface area contributed by atoms with Crippen LogP contribution in [0.4, 0.5) is 4.39 Å². The van der Waals surface area contributed by atoms with Crippen LogP contribution in [0.15, 0.2) is 18.2 Å². The number of nitrogen functional groups attached to an aromatic ring is 1. The van der Waals surface area contributed by atoms with Crippen LogP contribution < -0.4 is 5.73 Å². The quantitative estimate of drug-likeness (QED) is 0.407. The zero-order chi connectivity index (χ0) is 14.1. The smallest absolute Gasteiger partial charge is 0.139 e. The van der Waals surface area contributed by atoms with Crippen LogP contribution in [0.5, 0.6) is 0 Å². The number of benzene rings is 1. The monoisotopic (exact) mass is 266 g/mol. The Kier molecular flexibility index (Phi) is 7.11. The molecule has 106 valence electrons. The highest BCUT2D eigenvalue weighted by Crippen LogP contribution is 2.14. The molecule has 1 aromatic rings. The van der Waals surface area contributed by atoms with Gasteiger partial charge in [-0.3, -0.25) is 5.41 Å². The predicted molar refractivity (Wildman–Crippen MR) is 75.8 cm³/mol. The standard InChI is InChI=1S/C15H23FN2O/c1-2-3-4-5-6-10-19-11-12-8-7-9-13(14(12)16)15(17)18/h7-9H,2-6,10-11H2,1H3,(H3,17,18). The molecular formula is C15H23FN2O. The molecule has 0 amide bonds. The van der Waals surface area contributed by atoms with E-state index in [4.69, 9.17) is 15.9 Å². The lowest BCUT2D eigenvalue weighted by Crippen LogP contribution is -2.14. The van der Waals surface area contributed by atoms with Crippen molar-refractivity contribution in [3.63, 3.8) is 0 Å². The normalized spacial score (nSPS) is 10.6. The summed E-state index contributed by atoms with van der Waals surface area (Å²) in [4.78, 5) is 0. The Morgan fingerprint density at radius 2 is 2.00 bits per heavy atom. The molecule has 1 rings (SSSR count). The van der Waals surface area contributed by atoms with Gasteiger partial charge in [-0.15, -0.1) is 0 Å². The topological polar surface area (TPSA) is 59.1 Å². The van der Waals surface area contributed by atoms with Crippen LogP contribution in [0.1, 0.15) is 50.2 Å². The minimum absolute atomic E-state index is 0.143. The molecule has 3 nitrogen and oxygen atoms in total. The first-order chi connectivity index (χ1) is 9.16. The van der Waals surface area contributed by atoms with Crippen molar-refractivity contribution >= 4 is 5.84 Å². The van der Waals surface area contributed by atoms with Crippen molar-refractivity contribution < 1.29 is 9.13 Å². The highest BCUT2D eigenvalue weighted by atomic mass is 19.1. The number of ether oxygens (including phenoxy) is 1. The van der Waals surface area contributed by atoms with Gasteiger partial charge in [-0.1, -0.05) is 44.7 Å². The SMILES string of the molecule is CCCCCCCOCc1cccc(C(=N)N)c1F. The first-order valence-corrected chi connectivity index (χ1v) is 6.86. The Morgan fingerprint density at radius 3 is 2.68 bits per heavy atom. The summed E-state index contributed by atoms with van der Waals surface area (Å²) in [6.45, 7) is 3.06. The number of nitrogens with two attached hydrogens (primary N) is 1. The van der Waals surface area contributed by atoms with Gasteiger partial charge in [-0.25, -0.2) is 4.39 Å². The van der Waals surface area contributed by atoms with E-state index in [1.54, 1.807) is 12.1 Å². The number of amidine groups is 1. The highest BCUT2D eigenvalue weighted by Gasteiger charge is 2.09. The Balaban J connectivity index is 2.33. The fraction of sp³-hybridized carbons (Fsp3) is 0.533. The first-order valence-electron chi connectivity index (χ1n) is 6.86. The fourth-order valence-corrected chi connectivity index (χ4v) is 1.89. The lowest BCUT2D eigenvalue weighted by Gasteiger charge is -2.08. The van der Waals surface area contributed by atoms with Crippen LogP contribution in [0.2, 0.25) is 0 Å². The predicted octanol–water partition coefficient (Wildman–Crippen LogP) is 3.60. The molecule has 0 heterocycles. The molecule has 0 saturated heterocycles. The molecule has 1 aromatic carbocycles. The molecule has 4 heteroatoms. The Hall–Kier alpha value is -1.42. The molecule has 0 aliphatic rings. The minimum atomic E-state index is -0.444. The van der Waals surface area contributed by atoms with E-state index in [9.17, 15) is 4.39 Å². The van der Waals surface area contributed by atoms with E-state index < -0.39 is 5.82 Å². The summed E-state index contributed by atoms with van der Waals surface area (Å²) in [6.07, 6.45) is 5.88. The number of hydrogen-bond donors (Lipinski definition) is 2. The number of halogens is 1. The van der Waals surface area contributed by atoms with Crippen LogP contribution in [-0.4, -0.2) is 12.4 Å². The average Bonchev–Trinajstić information content (AvgIpc) is 2.39. The van der Waals surface area contributed by atoms with Crippen LogP contribution in [0, 0.1) is 11.2 Å². The van der Waals surface area contributed by atoms with Crippen LogP contribution in [0.3, 0.4) is 0 Å².